The highest BCUT2D eigenvalue weighted by Crippen LogP contribution is 2.15. The molecule has 1 aromatic carbocycles. The van der Waals surface area contributed by atoms with Crippen LogP contribution in [0.5, 0.6) is 5.75 Å². The number of ether oxygens (including phenoxy) is 2. The van der Waals surface area contributed by atoms with E-state index in [-0.39, 0.29) is 0 Å². The first kappa shape index (κ1) is 13.4. The second-order valence-electron chi connectivity index (χ2n) is 4.76. The van der Waals surface area contributed by atoms with Crippen molar-refractivity contribution in [2.75, 3.05) is 32.9 Å². The molecule has 1 aliphatic heterocycles. The summed E-state index contributed by atoms with van der Waals surface area (Å²) in [5, 5.41) is 3.38. The highest BCUT2D eigenvalue weighted by Gasteiger charge is 2.12. The molecule has 0 radical (unpaired) electrons. The van der Waals surface area contributed by atoms with E-state index in [2.05, 4.69) is 5.32 Å². The van der Waals surface area contributed by atoms with Gasteiger partial charge in [0.2, 0.25) is 0 Å². The molecule has 3 heteroatoms. The van der Waals surface area contributed by atoms with Crippen LogP contribution in [0.15, 0.2) is 30.3 Å². The third-order valence-electron chi connectivity index (χ3n) is 3.37. The van der Waals surface area contributed by atoms with Crippen LogP contribution in [0.1, 0.15) is 19.3 Å². The zero-order valence-corrected chi connectivity index (χ0v) is 10.9. The van der Waals surface area contributed by atoms with Crippen molar-refractivity contribution in [1.82, 2.24) is 5.32 Å². The summed E-state index contributed by atoms with van der Waals surface area (Å²) < 4.78 is 11.2. The molecule has 1 aromatic rings. The predicted molar refractivity (Wildman–Crippen MR) is 73.0 cm³/mol. The zero-order valence-electron chi connectivity index (χ0n) is 10.9. The Kier molecular flexibility index (Phi) is 6.03. The molecule has 0 aliphatic carbocycles. The minimum Gasteiger partial charge on any atom is -0.491 e. The van der Waals surface area contributed by atoms with Crippen LogP contribution in [-0.2, 0) is 4.74 Å². The lowest BCUT2D eigenvalue weighted by Crippen LogP contribution is -2.28. The van der Waals surface area contributed by atoms with Crippen molar-refractivity contribution in [3.63, 3.8) is 0 Å². The van der Waals surface area contributed by atoms with Crippen LogP contribution in [-0.4, -0.2) is 32.9 Å². The van der Waals surface area contributed by atoms with Crippen molar-refractivity contribution in [1.29, 1.82) is 0 Å². The van der Waals surface area contributed by atoms with Crippen molar-refractivity contribution < 1.29 is 9.47 Å². The Bertz CT molecular complexity index is 310. The van der Waals surface area contributed by atoms with Crippen LogP contribution in [0.3, 0.4) is 0 Å². The Morgan fingerprint density at radius 2 is 1.78 bits per heavy atom. The molecule has 1 fully saturated rings. The Morgan fingerprint density at radius 1 is 1.00 bits per heavy atom. The molecule has 1 heterocycles. The lowest BCUT2D eigenvalue weighted by molar-refractivity contribution is 0.0869. The van der Waals surface area contributed by atoms with Crippen molar-refractivity contribution in [2.45, 2.75) is 19.3 Å². The van der Waals surface area contributed by atoms with Gasteiger partial charge in [-0.25, -0.2) is 0 Å². The zero-order chi connectivity index (χ0) is 12.5. The minimum absolute atomic E-state index is 0.635. The maximum absolute atomic E-state index is 5.61. The summed E-state index contributed by atoms with van der Waals surface area (Å²) in [6.45, 7) is 4.52. The van der Waals surface area contributed by atoms with Crippen LogP contribution in [0.25, 0.3) is 0 Å². The normalized spacial score (nSPS) is 16.7. The van der Waals surface area contributed by atoms with E-state index in [4.69, 9.17) is 9.47 Å². The molecule has 0 atom stereocenters. The highest BCUT2D eigenvalue weighted by molar-refractivity contribution is 5.20. The van der Waals surface area contributed by atoms with Gasteiger partial charge in [0.15, 0.2) is 0 Å². The molecule has 1 N–H and O–H groups in total. The molecule has 2 rings (SSSR count). The molecule has 0 amide bonds. The van der Waals surface area contributed by atoms with Crippen molar-refractivity contribution >= 4 is 0 Å². The number of nitrogens with one attached hydrogen (secondary N) is 1. The van der Waals surface area contributed by atoms with E-state index in [1.165, 1.54) is 32.4 Å². The number of hydrogen-bond acceptors (Lipinski definition) is 3. The summed E-state index contributed by atoms with van der Waals surface area (Å²) >= 11 is 0. The lowest BCUT2D eigenvalue weighted by atomic mass is 9.95. The van der Waals surface area contributed by atoms with Crippen LogP contribution < -0.4 is 10.1 Å². The van der Waals surface area contributed by atoms with Gasteiger partial charge in [-0.15, -0.1) is 0 Å². The van der Waals surface area contributed by atoms with E-state index in [0.29, 0.717) is 13.2 Å². The van der Waals surface area contributed by atoms with E-state index in [1.807, 2.05) is 30.3 Å². The summed E-state index contributed by atoms with van der Waals surface area (Å²) in [6, 6.07) is 9.88. The number of piperidine rings is 1. The third-order valence-corrected chi connectivity index (χ3v) is 3.37. The Labute approximate surface area is 109 Å². The van der Waals surface area contributed by atoms with Crippen molar-refractivity contribution in [2.24, 2.45) is 5.92 Å². The van der Waals surface area contributed by atoms with Gasteiger partial charge in [-0.1, -0.05) is 18.2 Å². The largest absolute Gasteiger partial charge is 0.491 e. The van der Waals surface area contributed by atoms with Gasteiger partial charge in [-0.05, 0) is 50.4 Å². The average molecular weight is 249 g/mol. The van der Waals surface area contributed by atoms with Gasteiger partial charge in [0.25, 0.3) is 0 Å². The molecule has 18 heavy (non-hydrogen) atoms. The minimum atomic E-state index is 0.635. The molecule has 1 aliphatic rings. The third kappa shape index (κ3) is 5.07. The SMILES string of the molecule is c1ccc(OCCOCCC2CCNCC2)cc1. The van der Waals surface area contributed by atoms with E-state index in [1.54, 1.807) is 0 Å². The fraction of sp³-hybridized carbons (Fsp3) is 0.600. The molecule has 1 saturated heterocycles. The number of hydrogen-bond donors (Lipinski definition) is 1. The number of para-hydroxylation sites is 1. The molecule has 0 aromatic heterocycles. The maximum atomic E-state index is 5.61. The fourth-order valence-corrected chi connectivity index (χ4v) is 2.26. The van der Waals surface area contributed by atoms with Gasteiger partial charge in [0.1, 0.15) is 12.4 Å². The van der Waals surface area contributed by atoms with Gasteiger partial charge in [-0.2, -0.15) is 0 Å². The Morgan fingerprint density at radius 3 is 2.56 bits per heavy atom. The number of rotatable bonds is 7. The fourth-order valence-electron chi connectivity index (χ4n) is 2.26. The molecule has 100 valence electrons. The number of benzene rings is 1. The first-order valence-corrected chi connectivity index (χ1v) is 6.91. The average Bonchev–Trinajstić information content (AvgIpc) is 2.45. The summed E-state index contributed by atoms with van der Waals surface area (Å²) in [4.78, 5) is 0. The molecule has 0 bridgehead atoms. The maximum Gasteiger partial charge on any atom is 0.119 e. The Balaban J connectivity index is 1.46. The van der Waals surface area contributed by atoms with E-state index < -0.39 is 0 Å². The van der Waals surface area contributed by atoms with Crippen LogP contribution in [0, 0.1) is 5.92 Å². The topological polar surface area (TPSA) is 30.5 Å². The van der Waals surface area contributed by atoms with Gasteiger partial charge >= 0.3 is 0 Å². The molecular weight excluding hydrogens is 226 g/mol. The van der Waals surface area contributed by atoms with Crippen LogP contribution in [0.2, 0.25) is 0 Å². The van der Waals surface area contributed by atoms with E-state index in [9.17, 15) is 0 Å². The monoisotopic (exact) mass is 249 g/mol. The Hall–Kier alpha value is -1.06. The molecule has 0 saturated carbocycles. The van der Waals surface area contributed by atoms with Gasteiger partial charge in [0, 0.05) is 6.61 Å². The molecular formula is C15H23NO2. The first-order chi connectivity index (χ1) is 8.95. The van der Waals surface area contributed by atoms with E-state index in [0.717, 1.165) is 18.3 Å². The van der Waals surface area contributed by atoms with Gasteiger partial charge < -0.3 is 14.8 Å². The second-order valence-corrected chi connectivity index (χ2v) is 4.76. The van der Waals surface area contributed by atoms with Crippen LogP contribution >= 0.6 is 0 Å². The lowest BCUT2D eigenvalue weighted by Gasteiger charge is -2.22. The van der Waals surface area contributed by atoms with Crippen LogP contribution in [0.4, 0.5) is 0 Å². The summed E-state index contributed by atoms with van der Waals surface area (Å²) in [7, 11) is 0. The van der Waals surface area contributed by atoms with Gasteiger partial charge in [0.05, 0.1) is 6.61 Å². The summed E-state index contributed by atoms with van der Waals surface area (Å²) in [5.74, 6) is 1.76. The second kappa shape index (κ2) is 8.11. The smallest absolute Gasteiger partial charge is 0.119 e. The quantitative estimate of drug-likeness (QED) is 0.753. The van der Waals surface area contributed by atoms with Gasteiger partial charge in [-0.3, -0.25) is 0 Å². The molecule has 3 nitrogen and oxygen atoms in total. The molecule has 0 spiro atoms. The highest BCUT2D eigenvalue weighted by atomic mass is 16.5. The van der Waals surface area contributed by atoms with E-state index >= 15 is 0 Å². The molecule has 0 unspecified atom stereocenters. The standard InChI is InChI=1S/C15H23NO2/c1-2-4-15(5-3-1)18-13-12-17-11-8-14-6-9-16-10-7-14/h1-5,14,16H,6-13H2. The van der Waals surface area contributed by atoms with Crippen molar-refractivity contribution in [3.05, 3.63) is 30.3 Å². The summed E-state index contributed by atoms with van der Waals surface area (Å²) in [5.41, 5.74) is 0. The van der Waals surface area contributed by atoms with Crippen molar-refractivity contribution in [3.8, 4) is 5.75 Å². The summed E-state index contributed by atoms with van der Waals surface area (Å²) in [6.07, 6.45) is 3.78. The first-order valence-electron chi connectivity index (χ1n) is 6.91. The predicted octanol–water partition coefficient (Wildman–Crippen LogP) is 2.47.